The van der Waals surface area contributed by atoms with Crippen molar-refractivity contribution in [3.05, 3.63) is 23.8 Å². The normalized spacial score (nSPS) is 15.5. The van der Waals surface area contributed by atoms with E-state index in [-0.39, 0.29) is 17.1 Å². The topological polar surface area (TPSA) is 61.8 Å². The number of halogens is 2. The van der Waals surface area contributed by atoms with E-state index in [2.05, 4.69) is 14.2 Å². The van der Waals surface area contributed by atoms with E-state index in [0.717, 1.165) is 19.2 Å². The van der Waals surface area contributed by atoms with Crippen molar-refractivity contribution < 1.29 is 32.6 Å². The Balaban J connectivity index is 2.31. The second-order valence-electron chi connectivity index (χ2n) is 3.15. The average Bonchev–Trinajstić information content (AvgIpc) is 2.59. The van der Waals surface area contributed by atoms with Gasteiger partial charge in [-0.1, -0.05) is 0 Å². The van der Waals surface area contributed by atoms with Gasteiger partial charge in [0.05, 0.1) is 7.11 Å². The number of alkyl halides is 2. The number of Topliss-reactive ketones (excluding diaryl/α,β-unsaturated/α-hetero) is 1. The maximum absolute atomic E-state index is 12.7. The van der Waals surface area contributed by atoms with Crippen LogP contribution in [0.5, 0.6) is 11.5 Å². The number of ether oxygens (including phenoxy) is 3. The van der Waals surface area contributed by atoms with Gasteiger partial charge in [0, 0.05) is 5.56 Å². The van der Waals surface area contributed by atoms with Crippen LogP contribution in [0.4, 0.5) is 8.78 Å². The zero-order chi connectivity index (χ0) is 12.6. The van der Waals surface area contributed by atoms with Crippen molar-refractivity contribution in [1.82, 2.24) is 0 Å². The predicted octanol–water partition coefficient (Wildman–Crippen LogP) is 1.36. The molecule has 2 rings (SSSR count). The first-order valence-electron chi connectivity index (χ1n) is 4.45. The molecule has 1 aliphatic rings. The van der Waals surface area contributed by atoms with Gasteiger partial charge in [0.2, 0.25) is 0 Å². The molecule has 1 heterocycles. The van der Waals surface area contributed by atoms with Crippen LogP contribution in [-0.2, 0) is 9.53 Å². The molecule has 0 atom stereocenters. The summed E-state index contributed by atoms with van der Waals surface area (Å²) in [5, 5.41) is 0. The minimum Gasteiger partial charge on any atom is -0.463 e. The number of methoxy groups -OCH3 is 1. The fourth-order valence-electron chi connectivity index (χ4n) is 1.30. The molecule has 0 saturated heterocycles. The highest BCUT2D eigenvalue weighted by molar-refractivity contribution is 6.40. The number of hydrogen-bond donors (Lipinski definition) is 0. The summed E-state index contributed by atoms with van der Waals surface area (Å²) in [6.07, 6.45) is -3.75. The van der Waals surface area contributed by atoms with Crippen LogP contribution in [0.3, 0.4) is 0 Å². The van der Waals surface area contributed by atoms with E-state index >= 15 is 0 Å². The lowest BCUT2D eigenvalue weighted by molar-refractivity contribution is -0.286. The molecule has 0 unspecified atom stereocenters. The first-order chi connectivity index (χ1) is 7.93. The Morgan fingerprint density at radius 3 is 2.53 bits per heavy atom. The quantitative estimate of drug-likeness (QED) is 0.446. The third-order valence-electron chi connectivity index (χ3n) is 2.03. The molecule has 0 radical (unpaired) electrons. The highest BCUT2D eigenvalue weighted by Crippen LogP contribution is 2.41. The molecule has 0 spiro atoms. The van der Waals surface area contributed by atoms with E-state index < -0.39 is 18.0 Å². The molecule has 1 aromatic carbocycles. The van der Waals surface area contributed by atoms with Crippen LogP contribution in [0.2, 0.25) is 0 Å². The Bertz CT molecular complexity index is 497. The highest BCUT2D eigenvalue weighted by atomic mass is 19.3. The highest BCUT2D eigenvalue weighted by Gasteiger charge is 2.43. The largest absolute Gasteiger partial charge is 0.586 e. The van der Waals surface area contributed by atoms with Gasteiger partial charge in [0.25, 0.3) is 5.78 Å². The molecule has 0 aromatic heterocycles. The minimum absolute atomic E-state index is 0.114. The molecule has 17 heavy (non-hydrogen) atoms. The number of carbonyl (C=O) groups is 2. The van der Waals surface area contributed by atoms with Crippen LogP contribution in [0.25, 0.3) is 0 Å². The van der Waals surface area contributed by atoms with Gasteiger partial charge in [-0.15, -0.1) is 8.78 Å². The lowest BCUT2D eigenvalue weighted by Crippen LogP contribution is -2.25. The van der Waals surface area contributed by atoms with Crippen molar-refractivity contribution in [2.45, 2.75) is 6.29 Å². The maximum Gasteiger partial charge on any atom is 0.586 e. The predicted molar refractivity (Wildman–Crippen MR) is 49.0 cm³/mol. The number of fused-ring (bicyclic) bond motifs is 1. The summed E-state index contributed by atoms with van der Waals surface area (Å²) in [5.41, 5.74) is -0.114. The van der Waals surface area contributed by atoms with Crippen molar-refractivity contribution in [2.75, 3.05) is 7.11 Å². The minimum atomic E-state index is -3.75. The van der Waals surface area contributed by atoms with Crippen molar-refractivity contribution in [3.63, 3.8) is 0 Å². The molecule has 0 bridgehead atoms. The number of hydrogen-bond acceptors (Lipinski definition) is 5. The lowest BCUT2D eigenvalue weighted by atomic mass is 10.1. The number of ketones is 1. The van der Waals surface area contributed by atoms with Gasteiger partial charge in [-0.25, -0.2) is 4.79 Å². The van der Waals surface area contributed by atoms with Gasteiger partial charge in [-0.2, -0.15) is 0 Å². The fourth-order valence-corrected chi connectivity index (χ4v) is 1.30. The summed E-state index contributed by atoms with van der Waals surface area (Å²) in [6.45, 7) is 0. The third-order valence-corrected chi connectivity index (χ3v) is 2.03. The summed E-state index contributed by atoms with van der Waals surface area (Å²) >= 11 is 0. The Kier molecular flexibility index (Phi) is 2.45. The van der Waals surface area contributed by atoms with Gasteiger partial charge < -0.3 is 14.2 Å². The van der Waals surface area contributed by atoms with Crippen LogP contribution < -0.4 is 9.47 Å². The van der Waals surface area contributed by atoms with Gasteiger partial charge in [-0.3, -0.25) is 4.79 Å². The van der Waals surface area contributed by atoms with Gasteiger partial charge in [0.1, 0.15) is 0 Å². The second kappa shape index (κ2) is 3.69. The van der Waals surface area contributed by atoms with E-state index in [9.17, 15) is 18.4 Å². The summed E-state index contributed by atoms with van der Waals surface area (Å²) in [6, 6.07) is 3.28. The van der Waals surface area contributed by atoms with Gasteiger partial charge >= 0.3 is 12.3 Å². The van der Waals surface area contributed by atoms with Crippen molar-refractivity contribution in [1.29, 1.82) is 0 Å². The van der Waals surface area contributed by atoms with Gasteiger partial charge in [-0.05, 0) is 18.2 Å². The molecule has 0 aliphatic carbocycles. The molecule has 0 saturated carbocycles. The monoisotopic (exact) mass is 244 g/mol. The van der Waals surface area contributed by atoms with Crippen LogP contribution in [0.15, 0.2) is 18.2 Å². The van der Waals surface area contributed by atoms with Crippen molar-refractivity contribution in [2.24, 2.45) is 0 Å². The Labute approximate surface area is 93.9 Å². The fraction of sp³-hybridized carbons (Fsp3) is 0.200. The molecule has 5 nitrogen and oxygen atoms in total. The molecule has 0 N–H and O–H groups in total. The molecule has 1 aliphatic heterocycles. The third kappa shape index (κ3) is 2.03. The summed E-state index contributed by atoms with van der Waals surface area (Å²) < 4.78 is 37.8. The standard InChI is InChI=1S/C10H6F2O5/c1-15-9(14)8(13)5-2-3-6-7(4-5)17-10(11,12)16-6/h2-4H,1H3. The first-order valence-corrected chi connectivity index (χ1v) is 4.45. The smallest absolute Gasteiger partial charge is 0.463 e. The zero-order valence-electron chi connectivity index (χ0n) is 8.53. The van der Waals surface area contributed by atoms with Crippen LogP contribution in [-0.4, -0.2) is 25.2 Å². The number of rotatable bonds is 2. The first kappa shape index (κ1) is 11.3. The van der Waals surface area contributed by atoms with E-state index in [4.69, 9.17) is 0 Å². The second-order valence-corrected chi connectivity index (χ2v) is 3.15. The molecule has 0 fully saturated rings. The molecular weight excluding hydrogens is 238 g/mol. The molecule has 1 aromatic rings. The number of benzene rings is 1. The van der Waals surface area contributed by atoms with Crippen LogP contribution in [0.1, 0.15) is 10.4 Å². The molecular formula is C10H6F2O5. The molecule has 0 amide bonds. The summed E-state index contributed by atoms with van der Waals surface area (Å²) in [4.78, 5) is 22.3. The van der Waals surface area contributed by atoms with Crippen LogP contribution >= 0.6 is 0 Å². The SMILES string of the molecule is COC(=O)C(=O)c1ccc2c(c1)OC(F)(F)O2. The van der Waals surface area contributed by atoms with E-state index in [1.807, 2.05) is 0 Å². The molecule has 90 valence electrons. The number of carbonyl (C=O) groups excluding carboxylic acids is 2. The van der Waals surface area contributed by atoms with E-state index in [1.165, 1.54) is 6.07 Å². The molecule has 7 heteroatoms. The zero-order valence-corrected chi connectivity index (χ0v) is 8.53. The Morgan fingerprint density at radius 2 is 1.88 bits per heavy atom. The number of esters is 1. The van der Waals surface area contributed by atoms with Crippen LogP contribution in [0, 0.1) is 0 Å². The Morgan fingerprint density at radius 1 is 1.24 bits per heavy atom. The van der Waals surface area contributed by atoms with Crippen molar-refractivity contribution >= 4 is 11.8 Å². The van der Waals surface area contributed by atoms with Gasteiger partial charge in [0.15, 0.2) is 11.5 Å². The van der Waals surface area contributed by atoms with E-state index in [0.29, 0.717) is 0 Å². The maximum atomic E-state index is 12.7. The summed E-state index contributed by atoms with van der Waals surface area (Å²) in [7, 11) is 1.04. The summed E-state index contributed by atoms with van der Waals surface area (Å²) in [5.74, 6) is -2.54. The lowest BCUT2D eigenvalue weighted by Gasteiger charge is -2.04. The van der Waals surface area contributed by atoms with E-state index in [1.54, 1.807) is 0 Å². The van der Waals surface area contributed by atoms with Crippen molar-refractivity contribution in [3.8, 4) is 11.5 Å². The average molecular weight is 244 g/mol. The Hall–Kier alpha value is -2.18.